The van der Waals surface area contributed by atoms with Crippen LogP contribution in [0.15, 0.2) is 54.6 Å². The summed E-state index contributed by atoms with van der Waals surface area (Å²) in [7, 11) is 0. The second kappa shape index (κ2) is 14.3. The minimum Gasteiger partial charge on any atom is -0.494 e. The molecule has 1 unspecified atom stereocenters. The van der Waals surface area contributed by atoms with E-state index in [2.05, 4.69) is 24.0 Å². The van der Waals surface area contributed by atoms with Gasteiger partial charge >= 0.3 is 0 Å². The Morgan fingerprint density at radius 2 is 1.50 bits per heavy atom. The van der Waals surface area contributed by atoms with Crippen molar-refractivity contribution in [1.29, 1.82) is 0 Å². The third kappa shape index (κ3) is 9.40. The molecule has 0 aromatic heterocycles. The maximum Gasteiger partial charge on any atom is 0.120 e. The molecule has 4 heteroatoms. The lowest BCUT2D eigenvalue weighted by molar-refractivity contribution is 0.180. The van der Waals surface area contributed by atoms with Crippen LogP contribution in [0.2, 0.25) is 0 Å². The van der Waals surface area contributed by atoms with Gasteiger partial charge in [0.15, 0.2) is 0 Å². The predicted molar refractivity (Wildman–Crippen MR) is 128 cm³/mol. The molecule has 3 nitrogen and oxygen atoms in total. The van der Waals surface area contributed by atoms with Gasteiger partial charge in [0, 0.05) is 6.54 Å². The number of ether oxygens (including phenoxy) is 2. The molecular formula is C26H38ClNO2. The van der Waals surface area contributed by atoms with Crippen LogP contribution in [0.25, 0.3) is 0 Å². The Morgan fingerprint density at radius 3 is 2.23 bits per heavy atom. The van der Waals surface area contributed by atoms with Crippen molar-refractivity contribution < 1.29 is 9.47 Å². The summed E-state index contributed by atoms with van der Waals surface area (Å²) in [6.45, 7) is 7.70. The first-order chi connectivity index (χ1) is 14.3. The van der Waals surface area contributed by atoms with Gasteiger partial charge < -0.3 is 14.4 Å². The van der Waals surface area contributed by atoms with E-state index >= 15 is 0 Å². The summed E-state index contributed by atoms with van der Waals surface area (Å²) in [6.07, 6.45) is 9.20. The Balaban J connectivity index is 0.00000320. The Kier molecular flexibility index (Phi) is 11.7. The number of nitrogens with zero attached hydrogens (tertiary/aromatic N) is 1. The van der Waals surface area contributed by atoms with E-state index < -0.39 is 0 Å². The van der Waals surface area contributed by atoms with Gasteiger partial charge in [0.1, 0.15) is 18.1 Å². The van der Waals surface area contributed by atoms with Gasteiger partial charge in [-0.2, -0.15) is 0 Å². The zero-order chi connectivity index (χ0) is 20.2. The normalized spacial score (nSPS) is 16.6. The molecule has 1 heterocycles. The number of benzene rings is 2. The fraction of sp³-hybridized carbons (Fsp3) is 0.538. The lowest BCUT2D eigenvalue weighted by atomic mass is 10.00. The number of rotatable bonds is 12. The molecule has 0 amide bonds. The Bertz CT molecular complexity index is 677. The van der Waals surface area contributed by atoms with Gasteiger partial charge in [-0.1, -0.05) is 56.5 Å². The first-order valence-electron chi connectivity index (χ1n) is 11.4. The van der Waals surface area contributed by atoms with Gasteiger partial charge in [0.25, 0.3) is 0 Å². The third-order valence-corrected chi connectivity index (χ3v) is 5.70. The quantitative estimate of drug-likeness (QED) is 0.347. The lowest BCUT2D eigenvalue weighted by Crippen LogP contribution is -2.34. The number of unbranched alkanes of at least 4 members (excludes halogenated alkanes) is 4. The van der Waals surface area contributed by atoms with Crippen LogP contribution >= 0.6 is 12.4 Å². The van der Waals surface area contributed by atoms with E-state index in [1.807, 2.05) is 42.5 Å². The van der Waals surface area contributed by atoms with Gasteiger partial charge in [-0.05, 0) is 74.5 Å². The van der Waals surface area contributed by atoms with Gasteiger partial charge in [-0.25, -0.2) is 0 Å². The molecule has 1 aliphatic rings. The van der Waals surface area contributed by atoms with Crippen LogP contribution in [0.3, 0.4) is 0 Å². The van der Waals surface area contributed by atoms with Gasteiger partial charge in [0.2, 0.25) is 0 Å². The highest BCUT2D eigenvalue weighted by molar-refractivity contribution is 5.85. The van der Waals surface area contributed by atoms with Crippen LogP contribution in [0, 0.1) is 5.92 Å². The number of piperidine rings is 1. The van der Waals surface area contributed by atoms with Crippen molar-refractivity contribution in [3.63, 3.8) is 0 Å². The van der Waals surface area contributed by atoms with E-state index in [9.17, 15) is 0 Å². The zero-order valence-corrected chi connectivity index (χ0v) is 19.2. The molecule has 2 aromatic rings. The second-order valence-corrected chi connectivity index (χ2v) is 8.41. The summed E-state index contributed by atoms with van der Waals surface area (Å²) in [6, 6.07) is 18.2. The first kappa shape index (κ1) is 24.6. The molecule has 0 bridgehead atoms. The van der Waals surface area contributed by atoms with Gasteiger partial charge in [-0.3, -0.25) is 0 Å². The Hall–Kier alpha value is -1.71. The van der Waals surface area contributed by atoms with E-state index in [4.69, 9.17) is 9.47 Å². The standard InChI is InChI=1S/C26H37NO2.ClH/c1-23-11-10-19-27(21-23)18-8-3-2-4-9-20-28-25-14-16-26(17-15-25)29-22-24-12-6-5-7-13-24;/h5-7,12-17,23H,2-4,8-11,18-22H2,1H3;1H. The molecule has 1 saturated heterocycles. The molecule has 0 spiro atoms. The summed E-state index contributed by atoms with van der Waals surface area (Å²) in [5.41, 5.74) is 1.18. The summed E-state index contributed by atoms with van der Waals surface area (Å²) < 4.78 is 11.7. The number of likely N-dealkylation sites (tertiary alicyclic amines) is 1. The highest BCUT2D eigenvalue weighted by atomic mass is 35.5. The molecule has 0 radical (unpaired) electrons. The van der Waals surface area contributed by atoms with Crippen molar-refractivity contribution in [2.75, 3.05) is 26.2 Å². The monoisotopic (exact) mass is 431 g/mol. The molecule has 166 valence electrons. The molecule has 1 atom stereocenters. The minimum atomic E-state index is 0. The summed E-state index contributed by atoms with van der Waals surface area (Å²) in [5.74, 6) is 2.70. The van der Waals surface area contributed by atoms with Gasteiger partial charge in [-0.15, -0.1) is 12.4 Å². The van der Waals surface area contributed by atoms with Crippen LogP contribution in [0.1, 0.15) is 57.4 Å². The van der Waals surface area contributed by atoms with Crippen molar-refractivity contribution in [3.05, 3.63) is 60.2 Å². The number of halogens is 1. The first-order valence-corrected chi connectivity index (χ1v) is 11.4. The molecule has 0 N–H and O–H groups in total. The number of hydrogen-bond acceptors (Lipinski definition) is 3. The minimum absolute atomic E-state index is 0. The van der Waals surface area contributed by atoms with Crippen LogP contribution < -0.4 is 9.47 Å². The second-order valence-electron chi connectivity index (χ2n) is 8.41. The predicted octanol–water partition coefficient (Wildman–Crippen LogP) is 6.75. The van der Waals surface area contributed by atoms with Crippen molar-refractivity contribution in [2.24, 2.45) is 5.92 Å². The maximum absolute atomic E-state index is 5.87. The van der Waals surface area contributed by atoms with Crippen LogP contribution in [-0.4, -0.2) is 31.1 Å². The fourth-order valence-corrected chi connectivity index (χ4v) is 4.02. The topological polar surface area (TPSA) is 21.7 Å². The third-order valence-electron chi connectivity index (χ3n) is 5.70. The molecule has 3 rings (SSSR count). The molecule has 0 aliphatic carbocycles. The largest absolute Gasteiger partial charge is 0.494 e. The Morgan fingerprint density at radius 1 is 0.833 bits per heavy atom. The van der Waals surface area contributed by atoms with E-state index in [-0.39, 0.29) is 12.4 Å². The van der Waals surface area contributed by atoms with Crippen LogP contribution in [0.4, 0.5) is 0 Å². The average molecular weight is 432 g/mol. The molecule has 0 saturated carbocycles. The SMILES string of the molecule is CC1CCCN(CCCCCCCOc2ccc(OCc3ccccc3)cc2)C1.Cl. The van der Waals surface area contributed by atoms with Gasteiger partial charge in [0.05, 0.1) is 6.61 Å². The van der Waals surface area contributed by atoms with Crippen molar-refractivity contribution in [2.45, 2.75) is 58.5 Å². The van der Waals surface area contributed by atoms with E-state index in [0.717, 1.165) is 30.4 Å². The zero-order valence-electron chi connectivity index (χ0n) is 18.4. The molecule has 1 aliphatic heterocycles. The summed E-state index contributed by atoms with van der Waals surface area (Å²) >= 11 is 0. The highest BCUT2D eigenvalue weighted by Gasteiger charge is 2.15. The van der Waals surface area contributed by atoms with E-state index in [1.54, 1.807) is 0 Å². The van der Waals surface area contributed by atoms with Crippen molar-refractivity contribution in [3.8, 4) is 11.5 Å². The smallest absolute Gasteiger partial charge is 0.120 e. The van der Waals surface area contributed by atoms with Crippen LogP contribution in [0.5, 0.6) is 11.5 Å². The molecular weight excluding hydrogens is 394 g/mol. The summed E-state index contributed by atoms with van der Waals surface area (Å²) in [5, 5.41) is 0. The Labute approximate surface area is 189 Å². The average Bonchev–Trinajstić information content (AvgIpc) is 2.76. The molecule has 30 heavy (non-hydrogen) atoms. The van der Waals surface area contributed by atoms with E-state index in [1.165, 1.54) is 63.7 Å². The van der Waals surface area contributed by atoms with E-state index in [0.29, 0.717) is 6.61 Å². The van der Waals surface area contributed by atoms with Crippen molar-refractivity contribution >= 4 is 12.4 Å². The highest BCUT2D eigenvalue weighted by Crippen LogP contribution is 2.19. The van der Waals surface area contributed by atoms with Crippen LogP contribution in [-0.2, 0) is 6.61 Å². The van der Waals surface area contributed by atoms with Crippen molar-refractivity contribution in [1.82, 2.24) is 4.90 Å². The maximum atomic E-state index is 5.87. The molecule has 1 fully saturated rings. The lowest BCUT2D eigenvalue weighted by Gasteiger charge is -2.30. The number of hydrogen-bond donors (Lipinski definition) is 0. The fourth-order valence-electron chi connectivity index (χ4n) is 4.02. The molecule has 2 aromatic carbocycles. The summed E-state index contributed by atoms with van der Waals surface area (Å²) in [4.78, 5) is 2.66.